The minimum absolute atomic E-state index is 0.161. The minimum atomic E-state index is -0.504. The van der Waals surface area contributed by atoms with Crippen LogP contribution in [0, 0.1) is 0 Å². The summed E-state index contributed by atoms with van der Waals surface area (Å²) in [4.78, 5) is 24.6. The van der Waals surface area contributed by atoms with E-state index in [1.165, 1.54) is 19.4 Å². The summed E-state index contributed by atoms with van der Waals surface area (Å²) in [5.74, 6) is -0.904. The van der Waals surface area contributed by atoms with Crippen molar-refractivity contribution in [2.24, 2.45) is 0 Å². The zero-order valence-corrected chi connectivity index (χ0v) is 8.22. The first-order valence-corrected chi connectivity index (χ1v) is 4.20. The number of esters is 1. The number of rotatable bonds is 3. The van der Waals surface area contributed by atoms with Crippen LogP contribution >= 0.6 is 11.6 Å². The molecule has 1 rings (SSSR count). The maximum atomic E-state index is 11.3. The summed E-state index contributed by atoms with van der Waals surface area (Å²) in [6.07, 6.45) is 1.48. The van der Waals surface area contributed by atoms with Gasteiger partial charge in [0.05, 0.1) is 12.1 Å². The van der Waals surface area contributed by atoms with E-state index in [1.807, 2.05) is 0 Å². The zero-order valence-electron chi connectivity index (χ0n) is 7.46. The lowest BCUT2D eigenvalue weighted by Gasteiger charge is -2.00. The van der Waals surface area contributed by atoms with Gasteiger partial charge >= 0.3 is 5.97 Å². The van der Waals surface area contributed by atoms with Crippen molar-refractivity contribution in [1.29, 1.82) is 0 Å². The molecule has 5 nitrogen and oxygen atoms in total. The molecule has 1 amide bonds. The van der Waals surface area contributed by atoms with Gasteiger partial charge in [-0.15, -0.1) is 0 Å². The van der Waals surface area contributed by atoms with E-state index in [4.69, 9.17) is 11.6 Å². The van der Waals surface area contributed by atoms with Crippen molar-refractivity contribution in [3.8, 4) is 0 Å². The summed E-state index contributed by atoms with van der Waals surface area (Å²) in [5.41, 5.74) is 0.305. The molecule has 1 heterocycles. The molecule has 0 atom stereocenters. The van der Waals surface area contributed by atoms with Gasteiger partial charge in [0.1, 0.15) is 12.2 Å². The van der Waals surface area contributed by atoms with Gasteiger partial charge in [-0.05, 0) is 6.07 Å². The van der Waals surface area contributed by atoms with Crippen LogP contribution in [0.5, 0.6) is 0 Å². The zero-order chi connectivity index (χ0) is 10.6. The number of methoxy groups -OCH3 is 1. The second-order valence-electron chi connectivity index (χ2n) is 2.49. The predicted molar refractivity (Wildman–Crippen MR) is 50.2 cm³/mol. The van der Waals surface area contributed by atoms with Crippen molar-refractivity contribution in [2.75, 3.05) is 13.7 Å². The van der Waals surface area contributed by atoms with Crippen LogP contribution < -0.4 is 5.32 Å². The van der Waals surface area contributed by atoms with Crippen molar-refractivity contribution < 1.29 is 14.3 Å². The Morgan fingerprint density at radius 1 is 1.64 bits per heavy atom. The summed E-state index contributed by atoms with van der Waals surface area (Å²) >= 11 is 5.59. The Morgan fingerprint density at radius 2 is 2.36 bits per heavy atom. The molecule has 14 heavy (non-hydrogen) atoms. The van der Waals surface area contributed by atoms with Crippen molar-refractivity contribution >= 4 is 23.5 Å². The van der Waals surface area contributed by atoms with E-state index in [1.54, 1.807) is 0 Å². The maximum absolute atomic E-state index is 11.3. The smallest absolute Gasteiger partial charge is 0.325 e. The number of hydrogen-bond acceptors (Lipinski definition) is 3. The van der Waals surface area contributed by atoms with Crippen LogP contribution in [0.3, 0.4) is 0 Å². The van der Waals surface area contributed by atoms with E-state index in [-0.39, 0.29) is 6.54 Å². The number of hydrogen-bond donors (Lipinski definition) is 2. The summed E-state index contributed by atoms with van der Waals surface area (Å²) < 4.78 is 4.35. The molecular weight excluding hydrogens is 208 g/mol. The fourth-order valence-corrected chi connectivity index (χ4v) is 0.983. The predicted octanol–water partition coefficient (Wildman–Crippen LogP) is 0.571. The Labute approximate surface area is 85.4 Å². The van der Waals surface area contributed by atoms with Crippen LogP contribution in [0.2, 0.25) is 5.02 Å². The Kier molecular flexibility index (Phi) is 3.53. The molecule has 0 radical (unpaired) electrons. The standard InChI is InChI=1S/C8H9ClN2O3/c1-14-7(12)4-11-8(13)6-2-5(9)3-10-6/h2-3,10H,4H2,1H3,(H,11,13). The molecular formula is C8H9ClN2O3. The van der Waals surface area contributed by atoms with Gasteiger partial charge in [0.25, 0.3) is 5.91 Å². The SMILES string of the molecule is COC(=O)CNC(=O)c1cc(Cl)c[nH]1. The Balaban J connectivity index is 2.47. The first-order chi connectivity index (χ1) is 6.63. The van der Waals surface area contributed by atoms with Gasteiger partial charge in [-0.2, -0.15) is 0 Å². The molecule has 0 aliphatic carbocycles. The Bertz CT molecular complexity index is 348. The van der Waals surface area contributed by atoms with Gasteiger partial charge in [0.2, 0.25) is 0 Å². The van der Waals surface area contributed by atoms with Crippen LogP contribution in [0.25, 0.3) is 0 Å². The highest BCUT2D eigenvalue weighted by Gasteiger charge is 2.09. The third-order valence-corrected chi connectivity index (χ3v) is 1.73. The number of halogens is 1. The number of aromatic amines is 1. The topological polar surface area (TPSA) is 71.2 Å². The van der Waals surface area contributed by atoms with Gasteiger partial charge in [0, 0.05) is 6.20 Å². The van der Waals surface area contributed by atoms with E-state index in [2.05, 4.69) is 15.0 Å². The lowest BCUT2D eigenvalue weighted by Crippen LogP contribution is -2.30. The number of carbonyl (C=O) groups excluding carboxylic acids is 2. The number of ether oxygens (including phenoxy) is 1. The summed E-state index contributed by atoms with van der Waals surface area (Å²) in [6.45, 7) is -0.161. The second kappa shape index (κ2) is 4.66. The highest BCUT2D eigenvalue weighted by atomic mass is 35.5. The van der Waals surface area contributed by atoms with Gasteiger partial charge in [0.15, 0.2) is 0 Å². The quantitative estimate of drug-likeness (QED) is 0.726. The molecule has 76 valence electrons. The van der Waals surface area contributed by atoms with Crippen molar-refractivity contribution in [2.45, 2.75) is 0 Å². The first kappa shape index (κ1) is 10.6. The number of H-pyrrole nitrogens is 1. The van der Waals surface area contributed by atoms with E-state index in [0.29, 0.717) is 10.7 Å². The molecule has 0 aromatic carbocycles. The van der Waals surface area contributed by atoms with E-state index >= 15 is 0 Å². The van der Waals surface area contributed by atoms with E-state index in [9.17, 15) is 9.59 Å². The van der Waals surface area contributed by atoms with Crippen LogP contribution in [-0.4, -0.2) is 30.5 Å². The van der Waals surface area contributed by atoms with Crippen molar-refractivity contribution in [3.63, 3.8) is 0 Å². The molecule has 0 saturated carbocycles. The van der Waals surface area contributed by atoms with Crippen LogP contribution in [-0.2, 0) is 9.53 Å². The first-order valence-electron chi connectivity index (χ1n) is 3.82. The molecule has 2 N–H and O–H groups in total. The van der Waals surface area contributed by atoms with Crippen LogP contribution in [0.1, 0.15) is 10.5 Å². The fraction of sp³-hybridized carbons (Fsp3) is 0.250. The molecule has 0 aliphatic rings. The van der Waals surface area contributed by atoms with Gasteiger partial charge in [-0.1, -0.05) is 11.6 Å². The van der Waals surface area contributed by atoms with Gasteiger partial charge < -0.3 is 15.0 Å². The molecule has 0 unspecified atom stereocenters. The minimum Gasteiger partial charge on any atom is -0.468 e. The summed E-state index contributed by atoms with van der Waals surface area (Å²) in [5, 5.41) is 2.80. The molecule has 0 saturated heterocycles. The average molecular weight is 217 g/mol. The largest absolute Gasteiger partial charge is 0.468 e. The molecule has 1 aromatic rings. The molecule has 0 aliphatic heterocycles. The Morgan fingerprint density at radius 3 is 2.86 bits per heavy atom. The third-order valence-electron chi connectivity index (χ3n) is 1.51. The van der Waals surface area contributed by atoms with Gasteiger partial charge in [-0.25, -0.2) is 0 Å². The lowest BCUT2D eigenvalue weighted by atomic mass is 10.4. The van der Waals surface area contributed by atoms with Gasteiger partial charge in [-0.3, -0.25) is 9.59 Å². The highest BCUT2D eigenvalue weighted by molar-refractivity contribution is 6.30. The molecule has 0 bridgehead atoms. The van der Waals surface area contributed by atoms with Crippen molar-refractivity contribution in [3.05, 3.63) is 23.0 Å². The number of nitrogens with one attached hydrogen (secondary N) is 2. The molecule has 1 aromatic heterocycles. The molecule has 0 fully saturated rings. The Hall–Kier alpha value is -1.49. The lowest BCUT2D eigenvalue weighted by molar-refractivity contribution is -0.139. The fourth-order valence-electron chi connectivity index (χ4n) is 0.819. The van der Waals surface area contributed by atoms with Crippen LogP contribution in [0.15, 0.2) is 12.3 Å². The number of aromatic nitrogens is 1. The average Bonchev–Trinajstić information content (AvgIpc) is 2.60. The van der Waals surface area contributed by atoms with Crippen LogP contribution in [0.4, 0.5) is 0 Å². The third kappa shape index (κ3) is 2.77. The van der Waals surface area contributed by atoms with Crippen molar-refractivity contribution in [1.82, 2.24) is 10.3 Å². The van der Waals surface area contributed by atoms with E-state index < -0.39 is 11.9 Å². The maximum Gasteiger partial charge on any atom is 0.325 e. The highest BCUT2D eigenvalue weighted by Crippen LogP contribution is 2.08. The normalized spacial score (nSPS) is 9.57. The van der Waals surface area contributed by atoms with E-state index in [0.717, 1.165) is 0 Å². The molecule has 6 heteroatoms. The summed E-state index contributed by atoms with van der Waals surface area (Å²) in [6, 6.07) is 1.47. The second-order valence-corrected chi connectivity index (χ2v) is 2.93. The summed E-state index contributed by atoms with van der Waals surface area (Å²) in [7, 11) is 1.25. The number of carbonyl (C=O) groups is 2. The number of amides is 1. The molecule has 0 spiro atoms. The monoisotopic (exact) mass is 216 g/mol.